The van der Waals surface area contributed by atoms with E-state index in [1.54, 1.807) is 31.4 Å². The Morgan fingerprint density at radius 1 is 1.17 bits per heavy atom. The van der Waals surface area contributed by atoms with Gasteiger partial charge >= 0.3 is 0 Å². The molecule has 0 unspecified atom stereocenters. The summed E-state index contributed by atoms with van der Waals surface area (Å²) in [5.41, 5.74) is 1.25. The number of amides is 1. The normalized spacial score (nSPS) is 10.3. The molecule has 0 aliphatic carbocycles. The van der Waals surface area contributed by atoms with Gasteiger partial charge in [0, 0.05) is 17.1 Å². The number of benzene rings is 2. The van der Waals surface area contributed by atoms with E-state index in [1.807, 2.05) is 24.3 Å². The van der Waals surface area contributed by atoms with Crippen LogP contribution in [0.3, 0.4) is 0 Å². The third-order valence-electron chi connectivity index (χ3n) is 3.11. The van der Waals surface area contributed by atoms with Crippen LogP contribution in [0.4, 0.5) is 5.13 Å². The number of nitrogens with zero attached hydrogens (tertiary/aromatic N) is 2. The number of hydrogen-bond acceptors (Lipinski definition) is 5. The van der Waals surface area contributed by atoms with Crippen LogP contribution in [0.5, 0.6) is 5.75 Å². The van der Waals surface area contributed by atoms with Crippen molar-refractivity contribution in [2.24, 2.45) is 0 Å². The first-order chi connectivity index (χ1) is 11.2. The van der Waals surface area contributed by atoms with E-state index in [0.717, 1.165) is 22.8 Å². The van der Waals surface area contributed by atoms with Crippen LogP contribution >= 0.6 is 23.1 Å². The number of anilines is 1. The molecule has 2 aromatic carbocycles. The van der Waals surface area contributed by atoms with Gasteiger partial charge in [-0.3, -0.25) is 10.1 Å². The summed E-state index contributed by atoms with van der Waals surface area (Å²) in [6.45, 7) is 0. The zero-order valence-electron chi connectivity index (χ0n) is 12.1. The van der Waals surface area contributed by atoms with Gasteiger partial charge in [0.2, 0.25) is 5.13 Å². The summed E-state index contributed by atoms with van der Waals surface area (Å²) in [5, 5.41) is 3.52. The highest BCUT2D eigenvalue weighted by Gasteiger charge is 2.13. The highest BCUT2D eigenvalue weighted by atomic mass is 35.5. The SMILES string of the molecule is COc1ccc(-c2nsc(NC(=O)c3ccccc3Cl)n2)cc1. The van der Waals surface area contributed by atoms with Crippen molar-refractivity contribution in [3.63, 3.8) is 0 Å². The van der Waals surface area contributed by atoms with E-state index in [-0.39, 0.29) is 5.91 Å². The molecule has 1 heterocycles. The average molecular weight is 346 g/mol. The molecule has 0 radical (unpaired) electrons. The molecule has 1 amide bonds. The highest BCUT2D eigenvalue weighted by Crippen LogP contribution is 2.24. The molecule has 5 nitrogen and oxygen atoms in total. The minimum absolute atomic E-state index is 0.312. The van der Waals surface area contributed by atoms with Crippen LogP contribution in [-0.2, 0) is 0 Å². The van der Waals surface area contributed by atoms with E-state index >= 15 is 0 Å². The second-order valence-corrected chi connectivity index (χ2v) is 5.74. The van der Waals surface area contributed by atoms with Crippen LogP contribution in [0.1, 0.15) is 10.4 Å². The Bertz CT molecular complexity index is 833. The van der Waals surface area contributed by atoms with Gasteiger partial charge in [0.15, 0.2) is 5.82 Å². The summed E-state index contributed by atoms with van der Waals surface area (Å²) in [7, 11) is 1.61. The molecular weight excluding hydrogens is 334 g/mol. The maximum absolute atomic E-state index is 12.2. The fourth-order valence-corrected chi connectivity index (χ4v) is 2.75. The Kier molecular flexibility index (Phi) is 4.55. The zero-order valence-corrected chi connectivity index (χ0v) is 13.7. The molecule has 0 bridgehead atoms. The molecular formula is C16H12ClN3O2S. The van der Waals surface area contributed by atoms with E-state index in [2.05, 4.69) is 14.7 Å². The lowest BCUT2D eigenvalue weighted by molar-refractivity contribution is 0.102. The minimum Gasteiger partial charge on any atom is -0.497 e. The lowest BCUT2D eigenvalue weighted by Gasteiger charge is -2.02. The number of aromatic nitrogens is 2. The largest absolute Gasteiger partial charge is 0.497 e. The third-order valence-corrected chi connectivity index (χ3v) is 4.07. The molecule has 0 aliphatic heterocycles. The highest BCUT2D eigenvalue weighted by molar-refractivity contribution is 7.10. The molecule has 7 heteroatoms. The number of rotatable bonds is 4. The molecule has 0 saturated carbocycles. The summed E-state index contributed by atoms with van der Waals surface area (Å²) < 4.78 is 9.37. The zero-order chi connectivity index (χ0) is 16.2. The monoisotopic (exact) mass is 345 g/mol. The van der Waals surface area contributed by atoms with Gasteiger partial charge < -0.3 is 4.74 Å². The number of carbonyl (C=O) groups excluding carboxylic acids is 1. The van der Waals surface area contributed by atoms with Gasteiger partial charge in [-0.1, -0.05) is 23.7 Å². The van der Waals surface area contributed by atoms with Gasteiger partial charge in [-0.15, -0.1) is 0 Å². The summed E-state index contributed by atoms with van der Waals surface area (Å²) in [6.07, 6.45) is 0. The fourth-order valence-electron chi connectivity index (χ4n) is 1.94. The average Bonchev–Trinajstić information content (AvgIpc) is 3.03. The summed E-state index contributed by atoms with van der Waals surface area (Å²) in [4.78, 5) is 16.5. The van der Waals surface area contributed by atoms with Gasteiger partial charge in [0.25, 0.3) is 5.91 Å². The first-order valence-corrected chi connectivity index (χ1v) is 7.86. The van der Waals surface area contributed by atoms with Gasteiger partial charge in [-0.2, -0.15) is 9.36 Å². The molecule has 3 rings (SSSR count). The molecule has 0 fully saturated rings. The molecule has 0 atom stereocenters. The van der Waals surface area contributed by atoms with Crippen molar-refractivity contribution in [2.45, 2.75) is 0 Å². The van der Waals surface area contributed by atoms with Crippen molar-refractivity contribution >= 4 is 34.2 Å². The Morgan fingerprint density at radius 3 is 2.61 bits per heavy atom. The summed E-state index contributed by atoms with van der Waals surface area (Å²) >= 11 is 7.13. The quantitative estimate of drug-likeness (QED) is 0.772. The fraction of sp³-hybridized carbons (Fsp3) is 0.0625. The van der Waals surface area contributed by atoms with Crippen LogP contribution in [0.2, 0.25) is 5.02 Å². The lowest BCUT2D eigenvalue weighted by atomic mass is 10.2. The topological polar surface area (TPSA) is 64.1 Å². The molecule has 1 aromatic heterocycles. The standard InChI is InChI=1S/C16H12ClN3O2S/c1-22-11-8-6-10(7-9-11)14-18-16(23-20-14)19-15(21)12-4-2-3-5-13(12)17/h2-9H,1H3,(H,18,19,20,21). The van der Waals surface area contributed by atoms with Crippen LogP contribution < -0.4 is 10.1 Å². The van der Waals surface area contributed by atoms with Crippen molar-refractivity contribution in [1.82, 2.24) is 9.36 Å². The second kappa shape index (κ2) is 6.76. The summed E-state index contributed by atoms with van der Waals surface area (Å²) in [6, 6.07) is 14.2. The van der Waals surface area contributed by atoms with E-state index in [0.29, 0.717) is 21.5 Å². The van der Waals surface area contributed by atoms with E-state index in [1.165, 1.54) is 0 Å². The third kappa shape index (κ3) is 3.49. The number of ether oxygens (including phenoxy) is 1. The maximum atomic E-state index is 12.2. The first kappa shape index (κ1) is 15.5. The Morgan fingerprint density at radius 2 is 1.91 bits per heavy atom. The molecule has 23 heavy (non-hydrogen) atoms. The Hall–Kier alpha value is -2.44. The molecule has 1 N–H and O–H groups in total. The van der Waals surface area contributed by atoms with Crippen LogP contribution in [0, 0.1) is 0 Å². The van der Waals surface area contributed by atoms with Crippen LogP contribution in [0.15, 0.2) is 48.5 Å². The molecule has 0 aliphatic rings. The number of halogens is 1. The number of nitrogens with one attached hydrogen (secondary N) is 1. The van der Waals surface area contributed by atoms with Crippen LogP contribution in [0.25, 0.3) is 11.4 Å². The van der Waals surface area contributed by atoms with E-state index < -0.39 is 0 Å². The Balaban J connectivity index is 1.76. The number of methoxy groups -OCH3 is 1. The van der Waals surface area contributed by atoms with Crippen molar-refractivity contribution in [3.05, 3.63) is 59.1 Å². The molecule has 0 spiro atoms. The minimum atomic E-state index is -0.312. The predicted octanol–water partition coefficient (Wildman–Crippen LogP) is 4.12. The van der Waals surface area contributed by atoms with E-state index in [4.69, 9.17) is 16.3 Å². The second-order valence-electron chi connectivity index (χ2n) is 4.59. The van der Waals surface area contributed by atoms with Crippen LogP contribution in [-0.4, -0.2) is 22.4 Å². The van der Waals surface area contributed by atoms with Gasteiger partial charge in [0.05, 0.1) is 17.7 Å². The Labute approximate surface area is 142 Å². The number of hydrogen-bond donors (Lipinski definition) is 1. The number of carbonyl (C=O) groups is 1. The molecule has 116 valence electrons. The van der Waals surface area contributed by atoms with Gasteiger partial charge in [-0.05, 0) is 36.4 Å². The van der Waals surface area contributed by atoms with Crippen molar-refractivity contribution in [2.75, 3.05) is 12.4 Å². The van der Waals surface area contributed by atoms with Gasteiger partial charge in [0.1, 0.15) is 5.75 Å². The lowest BCUT2D eigenvalue weighted by Crippen LogP contribution is -2.12. The van der Waals surface area contributed by atoms with E-state index in [9.17, 15) is 4.79 Å². The van der Waals surface area contributed by atoms with Crippen molar-refractivity contribution in [3.8, 4) is 17.1 Å². The summed E-state index contributed by atoms with van der Waals surface area (Å²) in [5.74, 6) is 0.997. The van der Waals surface area contributed by atoms with Gasteiger partial charge in [-0.25, -0.2) is 0 Å². The molecule has 3 aromatic rings. The maximum Gasteiger partial charge on any atom is 0.258 e. The predicted molar refractivity (Wildman–Crippen MR) is 91.3 cm³/mol. The molecule has 0 saturated heterocycles. The first-order valence-electron chi connectivity index (χ1n) is 6.71. The van der Waals surface area contributed by atoms with Crippen molar-refractivity contribution in [1.29, 1.82) is 0 Å². The van der Waals surface area contributed by atoms with Crippen molar-refractivity contribution < 1.29 is 9.53 Å². The smallest absolute Gasteiger partial charge is 0.258 e.